The molecule has 2 aliphatic rings. The van der Waals surface area contributed by atoms with E-state index in [2.05, 4.69) is 10.6 Å². The molecular formula is C34H44N4O10S2. The maximum atomic E-state index is 12.4. The first-order valence-corrected chi connectivity index (χ1v) is 19.1. The molecular weight excluding hydrogens is 689 g/mol. The highest BCUT2D eigenvalue weighted by atomic mass is 32.2. The molecule has 0 saturated carbocycles. The number of carbonyl (C=O) groups excluding carboxylic acids is 6. The molecule has 2 aliphatic heterocycles. The van der Waals surface area contributed by atoms with Gasteiger partial charge in [0.2, 0.25) is 0 Å². The van der Waals surface area contributed by atoms with Crippen LogP contribution in [0.1, 0.15) is 83.0 Å². The zero-order chi connectivity index (χ0) is 37.6. The molecule has 16 heteroatoms. The number of hydrogen-bond acceptors (Lipinski definition) is 11. The number of ether oxygens (including phenoxy) is 2. The maximum absolute atomic E-state index is 12.4. The highest BCUT2D eigenvalue weighted by molar-refractivity contribution is 7.98. The Bertz CT molecular complexity index is 1680. The number of hydrogen-bond donors (Lipinski definition) is 2. The molecule has 2 atom stereocenters. The second kappa shape index (κ2) is 16.1. The molecule has 0 spiro atoms. The van der Waals surface area contributed by atoms with Crippen LogP contribution in [0.3, 0.4) is 0 Å². The Labute approximate surface area is 296 Å². The summed E-state index contributed by atoms with van der Waals surface area (Å²) in [5, 5.41) is 5.18. The fourth-order valence-corrected chi connectivity index (χ4v) is 6.56. The van der Waals surface area contributed by atoms with E-state index in [0.717, 1.165) is 11.2 Å². The van der Waals surface area contributed by atoms with Gasteiger partial charge in [-0.25, -0.2) is 18.0 Å². The first-order chi connectivity index (χ1) is 23.1. The predicted octanol–water partition coefficient (Wildman–Crippen LogP) is 3.76. The van der Waals surface area contributed by atoms with E-state index >= 15 is 0 Å². The van der Waals surface area contributed by atoms with Crippen molar-refractivity contribution in [3.63, 3.8) is 0 Å². The Morgan fingerprint density at radius 1 is 0.680 bits per heavy atom. The fraction of sp³-hybridized carbons (Fsp3) is 0.471. The van der Waals surface area contributed by atoms with Gasteiger partial charge in [0.15, 0.2) is 0 Å². The lowest BCUT2D eigenvalue weighted by atomic mass is 10.1. The van der Waals surface area contributed by atoms with E-state index in [4.69, 9.17) is 9.47 Å². The number of amides is 6. The molecule has 14 nitrogen and oxygen atoms in total. The van der Waals surface area contributed by atoms with Gasteiger partial charge in [-0.1, -0.05) is 24.3 Å². The van der Waals surface area contributed by atoms with Gasteiger partial charge in [0, 0.05) is 12.0 Å². The average molecular weight is 733 g/mol. The third-order valence-electron chi connectivity index (χ3n) is 6.88. The molecule has 0 fully saturated rings. The van der Waals surface area contributed by atoms with Crippen molar-refractivity contribution in [3.05, 3.63) is 70.8 Å². The molecule has 0 saturated heterocycles. The van der Waals surface area contributed by atoms with E-state index < -0.39 is 56.8 Å². The van der Waals surface area contributed by atoms with E-state index in [-0.39, 0.29) is 42.1 Å². The van der Waals surface area contributed by atoms with Crippen molar-refractivity contribution in [1.29, 1.82) is 0 Å². The van der Waals surface area contributed by atoms with Crippen LogP contribution in [0.15, 0.2) is 48.5 Å². The van der Waals surface area contributed by atoms with Gasteiger partial charge >= 0.3 is 12.2 Å². The Morgan fingerprint density at radius 3 is 1.30 bits per heavy atom. The summed E-state index contributed by atoms with van der Waals surface area (Å²) in [6.45, 7) is 10.2. The summed E-state index contributed by atoms with van der Waals surface area (Å²) in [7, 11) is -3.48. The lowest BCUT2D eigenvalue weighted by Gasteiger charge is -2.25. The summed E-state index contributed by atoms with van der Waals surface area (Å²) in [4.78, 5) is 75.8. The van der Waals surface area contributed by atoms with Crippen LogP contribution in [0.2, 0.25) is 0 Å². The van der Waals surface area contributed by atoms with Gasteiger partial charge < -0.3 is 20.1 Å². The Hall–Kier alpha value is -4.44. The zero-order valence-corrected chi connectivity index (χ0v) is 31.0. The van der Waals surface area contributed by atoms with E-state index in [9.17, 15) is 37.2 Å². The number of benzene rings is 2. The van der Waals surface area contributed by atoms with Crippen LogP contribution in [-0.4, -0.2) is 114 Å². The van der Waals surface area contributed by atoms with Gasteiger partial charge in [0.05, 0.1) is 53.2 Å². The van der Waals surface area contributed by atoms with Gasteiger partial charge in [-0.05, 0) is 72.1 Å². The van der Waals surface area contributed by atoms with Crippen molar-refractivity contribution in [3.8, 4) is 0 Å². The number of carbonyl (C=O) groups is 6. The summed E-state index contributed by atoms with van der Waals surface area (Å²) in [5.41, 5.74) is -0.0512. The molecule has 2 N–H and O–H groups in total. The van der Waals surface area contributed by atoms with Crippen molar-refractivity contribution in [2.75, 3.05) is 37.1 Å². The summed E-state index contributed by atoms with van der Waals surface area (Å²) >= 11 is 1.52. The first kappa shape index (κ1) is 40.0. The Kier molecular flexibility index (Phi) is 12.8. The minimum Gasteiger partial charge on any atom is -0.444 e. The summed E-state index contributed by atoms with van der Waals surface area (Å²) < 4.78 is 33.7. The minimum atomic E-state index is -3.48. The van der Waals surface area contributed by atoms with E-state index in [1.165, 1.54) is 28.8 Å². The summed E-state index contributed by atoms with van der Waals surface area (Å²) in [6.07, 6.45) is 1.53. The van der Waals surface area contributed by atoms with Crippen LogP contribution >= 0.6 is 11.8 Å². The van der Waals surface area contributed by atoms with Gasteiger partial charge in [-0.15, -0.1) is 0 Å². The number of rotatable bonds is 10. The summed E-state index contributed by atoms with van der Waals surface area (Å²) in [6, 6.07) is 11.7. The molecule has 2 aromatic carbocycles. The topological polar surface area (TPSA) is 186 Å². The van der Waals surface area contributed by atoms with Crippen LogP contribution in [0.4, 0.5) is 9.59 Å². The number of sulfone groups is 1. The van der Waals surface area contributed by atoms with Gasteiger partial charge in [-0.2, -0.15) is 11.8 Å². The molecule has 0 aliphatic carbocycles. The van der Waals surface area contributed by atoms with Crippen LogP contribution in [0.5, 0.6) is 0 Å². The lowest BCUT2D eigenvalue weighted by Crippen LogP contribution is -2.50. The van der Waals surface area contributed by atoms with Gasteiger partial charge in [-0.3, -0.25) is 29.0 Å². The third-order valence-corrected chi connectivity index (χ3v) is 8.62. The summed E-state index contributed by atoms with van der Waals surface area (Å²) in [5.74, 6) is -1.56. The molecule has 0 unspecified atom stereocenters. The number of nitrogens with zero attached hydrogens (tertiary/aromatic N) is 2. The van der Waals surface area contributed by atoms with E-state index in [0.29, 0.717) is 16.9 Å². The Balaban J connectivity index is 0.000000271. The molecule has 2 aromatic rings. The van der Waals surface area contributed by atoms with E-state index in [1.54, 1.807) is 77.9 Å². The zero-order valence-electron chi connectivity index (χ0n) is 29.4. The standard InChI is InChI=1S/C17H22N2O6S.C17H22N2O4S/c1-17(2,3)25-16(22)18-11(10-26(4,23)24)9-19-14(20)12-7-5-6-8-13(12)15(19)21;1-17(2,3)23-16(22)18-11(10-24-4)9-19-14(20)12-7-5-6-8-13(12)15(19)21/h5-8,11H,9-10H2,1-4H3,(H,18,22);5-8,11H,9-10H2,1-4H3,(H,18,22)/t2*11-/m11/s1. The molecule has 6 amide bonds. The number of nitrogens with one attached hydrogen (secondary N) is 2. The molecule has 0 radical (unpaired) electrons. The highest BCUT2D eigenvalue weighted by Gasteiger charge is 2.38. The van der Waals surface area contributed by atoms with Crippen LogP contribution in [-0.2, 0) is 19.3 Å². The molecule has 50 heavy (non-hydrogen) atoms. The molecule has 0 aromatic heterocycles. The number of alkyl carbamates (subject to hydrolysis) is 2. The maximum Gasteiger partial charge on any atom is 0.407 e. The third kappa shape index (κ3) is 11.3. The van der Waals surface area contributed by atoms with Crippen molar-refractivity contribution in [2.24, 2.45) is 0 Å². The normalized spacial score (nSPS) is 15.4. The second-order valence-corrected chi connectivity index (χ2v) is 16.9. The minimum absolute atomic E-state index is 0.117. The van der Waals surface area contributed by atoms with Gasteiger partial charge in [0.25, 0.3) is 23.6 Å². The molecule has 2 heterocycles. The SMILES string of the molecule is CC(C)(C)OC(=O)N[C@H](CN1C(=O)c2ccccc2C1=O)CS(C)(=O)=O.CSC[C@@H](CN1C(=O)c2ccccc2C1=O)NC(=O)OC(C)(C)C. The predicted molar refractivity (Wildman–Crippen MR) is 188 cm³/mol. The van der Waals surface area contributed by atoms with Crippen LogP contribution in [0, 0.1) is 0 Å². The van der Waals surface area contributed by atoms with E-state index in [1.807, 2.05) is 6.26 Å². The number of fused-ring (bicyclic) bond motifs is 2. The lowest BCUT2D eigenvalue weighted by molar-refractivity contribution is 0.0473. The van der Waals surface area contributed by atoms with Crippen LogP contribution < -0.4 is 10.6 Å². The highest BCUT2D eigenvalue weighted by Crippen LogP contribution is 2.24. The fourth-order valence-electron chi connectivity index (χ4n) is 5.05. The number of thioether (sulfide) groups is 1. The molecule has 272 valence electrons. The number of imide groups is 2. The average Bonchev–Trinajstić information content (AvgIpc) is 3.35. The Morgan fingerprint density at radius 2 is 1.00 bits per heavy atom. The largest absolute Gasteiger partial charge is 0.444 e. The quantitative estimate of drug-likeness (QED) is 0.339. The molecule has 0 bridgehead atoms. The van der Waals surface area contributed by atoms with Crippen molar-refractivity contribution in [2.45, 2.75) is 64.8 Å². The second-order valence-electron chi connectivity index (χ2n) is 13.8. The van der Waals surface area contributed by atoms with Crippen molar-refractivity contribution >= 4 is 57.4 Å². The monoisotopic (exact) mass is 732 g/mol. The first-order valence-electron chi connectivity index (χ1n) is 15.7. The smallest absolute Gasteiger partial charge is 0.407 e. The van der Waals surface area contributed by atoms with Crippen molar-refractivity contribution < 1.29 is 46.7 Å². The van der Waals surface area contributed by atoms with Gasteiger partial charge in [0.1, 0.15) is 21.0 Å². The molecule has 4 rings (SSSR count). The van der Waals surface area contributed by atoms with Crippen LogP contribution in [0.25, 0.3) is 0 Å². The van der Waals surface area contributed by atoms with Crippen molar-refractivity contribution in [1.82, 2.24) is 20.4 Å².